The van der Waals surface area contributed by atoms with Crippen LogP contribution < -0.4 is 4.74 Å². The molecule has 1 N–H and O–H groups in total. The summed E-state index contributed by atoms with van der Waals surface area (Å²) in [7, 11) is 0. The van der Waals surface area contributed by atoms with Gasteiger partial charge in [-0.2, -0.15) is 0 Å². The van der Waals surface area contributed by atoms with E-state index in [9.17, 15) is 0 Å². The molecule has 0 saturated heterocycles. The summed E-state index contributed by atoms with van der Waals surface area (Å²) in [6, 6.07) is 7.82. The molecule has 0 amide bonds. The number of nitrogens with zero attached hydrogens (tertiary/aromatic N) is 1. The normalized spacial score (nSPS) is 10.1. The van der Waals surface area contributed by atoms with Crippen LogP contribution in [0.2, 0.25) is 0 Å². The summed E-state index contributed by atoms with van der Waals surface area (Å²) in [6.45, 7) is 2.60. The molecule has 16 heavy (non-hydrogen) atoms. The Hall–Kier alpha value is -1.68. The van der Waals surface area contributed by atoms with Crippen LogP contribution in [-0.2, 0) is 0 Å². The van der Waals surface area contributed by atoms with E-state index in [2.05, 4.69) is 9.97 Å². The van der Waals surface area contributed by atoms with E-state index in [-0.39, 0.29) is 0 Å². The number of rotatable bonds is 3. The first-order chi connectivity index (χ1) is 7.81. The van der Waals surface area contributed by atoms with Crippen LogP contribution in [0.4, 0.5) is 0 Å². The summed E-state index contributed by atoms with van der Waals surface area (Å²) in [5, 5.41) is 0. The first-order valence-corrected chi connectivity index (χ1v) is 5.48. The largest absolute Gasteiger partial charge is 0.493 e. The van der Waals surface area contributed by atoms with Crippen molar-refractivity contribution in [2.24, 2.45) is 0 Å². The fourth-order valence-electron chi connectivity index (χ4n) is 1.48. The van der Waals surface area contributed by atoms with Crippen LogP contribution in [0.3, 0.4) is 0 Å². The van der Waals surface area contributed by atoms with Gasteiger partial charge in [0.05, 0.1) is 24.7 Å². The van der Waals surface area contributed by atoms with Crippen molar-refractivity contribution in [3.63, 3.8) is 0 Å². The third-order valence-corrected chi connectivity index (χ3v) is 2.34. The fourth-order valence-corrected chi connectivity index (χ4v) is 1.65. The zero-order valence-corrected chi connectivity index (χ0v) is 9.75. The standard InChI is InChI=1S/C12H12N2OS/c1-2-15-11-6-4-3-5-9(11)10-7-13-8-12(16)14-10/h3-8H,2H2,1H3,(H,14,16). The number of hydrogen-bond donors (Lipinski definition) is 1. The minimum atomic E-state index is 0.615. The summed E-state index contributed by atoms with van der Waals surface area (Å²) in [6.07, 6.45) is 3.36. The molecule has 0 aliphatic carbocycles. The molecule has 3 nitrogen and oxygen atoms in total. The Labute approximate surface area is 99.1 Å². The quantitative estimate of drug-likeness (QED) is 0.826. The highest BCUT2D eigenvalue weighted by atomic mass is 32.1. The lowest BCUT2D eigenvalue weighted by Gasteiger charge is -2.09. The summed E-state index contributed by atoms with van der Waals surface area (Å²) < 4.78 is 6.16. The minimum Gasteiger partial charge on any atom is -0.493 e. The van der Waals surface area contributed by atoms with E-state index < -0.39 is 0 Å². The first kappa shape index (κ1) is 10.8. The lowest BCUT2D eigenvalue weighted by Crippen LogP contribution is -1.95. The van der Waals surface area contributed by atoms with Crippen LogP contribution >= 0.6 is 12.2 Å². The van der Waals surface area contributed by atoms with Crippen molar-refractivity contribution in [2.75, 3.05) is 6.61 Å². The van der Waals surface area contributed by atoms with Gasteiger partial charge in [-0.25, -0.2) is 0 Å². The molecule has 0 aliphatic rings. The fraction of sp³-hybridized carbons (Fsp3) is 0.167. The van der Waals surface area contributed by atoms with Gasteiger partial charge in [-0.15, -0.1) is 0 Å². The van der Waals surface area contributed by atoms with Gasteiger partial charge in [0, 0.05) is 5.56 Å². The number of benzene rings is 1. The highest BCUT2D eigenvalue weighted by molar-refractivity contribution is 7.71. The Balaban J connectivity index is 2.51. The van der Waals surface area contributed by atoms with Crippen molar-refractivity contribution < 1.29 is 4.74 Å². The predicted molar refractivity (Wildman–Crippen MR) is 66.0 cm³/mol. The third-order valence-electron chi connectivity index (χ3n) is 2.13. The average Bonchev–Trinajstić information content (AvgIpc) is 2.30. The van der Waals surface area contributed by atoms with Gasteiger partial charge < -0.3 is 9.72 Å². The molecular weight excluding hydrogens is 220 g/mol. The Bertz CT molecular complexity index is 536. The highest BCUT2D eigenvalue weighted by Crippen LogP contribution is 2.27. The van der Waals surface area contributed by atoms with Gasteiger partial charge in [-0.3, -0.25) is 4.98 Å². The number of H-pyrrole nitrogens is 1. The molecule has 4 heteroatoms. The zero-order chi connectivity index (χ0) is 11.4. The molecular formula is C12H12N2OS. The molecule has 0 spiro atoms. The van der Waals surface area contributed by atoms with E-state index in [1.165, 1.54) is 0 Å². The molecule has 82 valence electrons. The summed E-state index contributed by atoms with van der Waals surface area (Å²) in [5.74, 6) is 0.837. The van der Waals surface area contributed by atoms with E-state index in [0.717, 1.165) is 17.0 Å². The molecule has 2 aromatic rings. The second-order valence-electron chi connectivity index (χ2n) is 3.24. The smallest absolute Gasteiger partial charge is 0.128 e. The van der Waals surface area contributed by atoms with Gasteiger partial charge >= 0.3 is 0 Å². The zero-order valence-electron chi connectivity index (χ0n) is 8.93. The molecule has 0 radical (unpaired) electrons. The van der Waals surface area contributed by atoms with Gasteiger partial charge in [0.1, 0.15) is 10.4 Å². The Morgan fingerprint density at radius 2 is 2.12 bits per heavy atom. The molecule has 0 fully saturated rings. The molecule has 0 saturated carbocycles. The van der Waals surface area contributed by atoms with Gasteiger partial charge in [0.2, 0.25) is 0 Å². The van der Waals surface area contributed by atoms with Crippen LogP contribution in [0, 0.1) is 4.64 Å². The number of hydrogen-bond acceptors (Lipinski definition) is 3. The first-order valence-electron chi connectivity index (χ1n) is 5.08. The molecule has 2 rings (SSSR count). The predicted octanol–water partition coefficient (Wildman–Crippen LogP) is 3.20. The summed E-state index contributed by atoms with van der Waals surface area (Å²) >= 11 is 5.05. The van der Waals surface area contributed by atoms with Gasteiger partial charge in [-0.1, -0.05) is 24.4 Å². The second kappa shape index (κ2) is 4.90. The van der Waals surface area contributed by atoms with Crippen molar-refractivity contribution in [3.8, 4) is 17.0 Å². The summed E-state index contributed by atoms with van der Waals surface area (Å²) in [5.41, 5.74) is 1.85. The van der Waals surface area contributed by atoms with Gasteiger partial charge in [0.25, 0.3) is 0 Å². The van der Waals surface area contributed by atoms with E-state index in [1.54, 1.807) is 12.4 Å². The highest BCUT2D eigenvalue weighted by Gasteiger charge is 2.05. The topological polar surface area (TPSA) is 37.9 Å². The molecule has 0 unspecified atom stereocenters. The van der Waals surface area contributed by atoms with Crippen molar-refractivity contribution in [1.29, 1.82) is 0 Å². The Morgan fingerprint density at radius 1 is 1.31 bits per heavy atom. The van der Waals surface area contributed by atoms with Crippen LogP contribution in [0.25, 0.3) is 11.3 Å². The second-order valence-corrected chi connectivity index (χ2v) is 3.68. The van der Waals surface area contributed by atoms with Crippen LogP contribution in [-0.4, -0.2) is 16.6 Å². The van der Waals surface area contributed by atoms with E-state index in [1.807, 2.05) is 31.2 Å². The maximum absolute atomic E-state index is 5.55. The maximum atomic E-state index is 5.55. The Kier molecular flexibility index (Phi) is 3.31. The molecule has 0 atom stereocenters. The maximum Gasteiger partial charge on any atom is 0.128 e. The van der Waals surface area contributed by atoms with Crippen LogP contribution in [0.1, 0.15) is 6.92 Å². The number of aromatic nitrogens is 2. The minimum absolute atomic E-state index is 0.615. The van der Waals surface area contributed by atoms with Gasteiger partial charge in [0.15, 0.2) is 0 Å². The number of para-hydroxylation sites is 1. The summed E-state index contributed by atoms with van der Waals surface area (Å²) in [4.78, 5) is 7.17. The SMILES string of the molecule is CCOc1ccccc1-c1cncc(=S)[nH]1. The van der Waals surface area contributed by atoms with Crippen LogP contribution in [0.5, 0.6) is 5.75 Å². The molecule has 1 aromatic carbocycles. The third kappa shape index (κ3) is 2.28. The number of aromatic amines is 1. The monoisotopic (exact) mass is 232 g/mol. The Morgan fingerprint density at radius 3 is 2.88 bits per heavy atom. The molecule has 1 aromatic heterocycles. The van der Waals surface area contributed by atoms with Crippen molar-refractivity contribution in [1.82, 2.24) is 9.97 Å². The molecule has 0 bridgehead atoms. The average molecular weight is 232 g/mol. The van der Waals surface area contributed by atoms with E-state index in [0.29, 0.717) is 11.2 Å². The van der Waals surface area contributed by atoms with Crippen molar-refractivity contribution >= 4 is 12.2 Å². The van der Waals surface area contributed by atoms with Gasteiger partial charge in [-0.05, 0) is 19.1 Å². The van der Waals surface area contributed by atoms with E-state index >= 15 is 0 Å². The number of nitrogens with one attached hydrogen (secondary N) is 1. The van der Waals surface area contributed by atoms with Crippen LogP contribution in [0.15, 0.2) is 36.7 Å². The van der Waals surface area contributed by atoms with E-state index in [4.69, 9.17) is 17.0 Å². The number of ether oxygens (including phenoxy) is 1. The molecule has 0 aliphatic heterocycles. The lowest BCUT2D eigenvalue weighted by atomic mass is 10.1. The van der Waals surface area contributed by atoms with Crippen molar-refractivity contribution in [3.05, 3.63) is 41.3 Å². The van der Waals surface area contributed by atoms with Crippen molar-refractivity contribution in [2.45, 2.75) is 6.92 Å². The lowest BCUT2D eigenvalue weighted by molar-refractivity contribution is 0.341. The molecule has 1 heterocycles.